The molecule has 5 nitrogen and oxygen atoms in total. The van der Waals surface area contributed by atoms with Gasteiger partial charge < -0.3 is 15.5 Å². The summed E-state index contributed by atoms with van der Waals surface area (Å²) in [7, 11) is 0. The van der Waals surface area contributed by atoms with Gasteiger partial charge in [-0.05, 0) is 23.6 Å². The summed E-state index contributed by atoms with van der Waals surface area (Å²) < 4.78 is 0. The van der Waals surface area contributed by atoms with E-state index in [2.05, 4.69) is 5.32 Å². The first-order valence-electron chi connectivity index (χ1n) is 6.12. The molecule has 0 saturated heterocycles. The smallest absolute Gasteiger partial charge is 0.305 e. The molecule has 0 aromatic heterocycles. The van der Waals surface area contributed by atoms with Crippen molar-refractivity contribution in [2.75, 3.05) is 0 Å². The van der Waals surface area contributed by atoms with Gasteiger partial charge in [-0.2, -0.15) is 0 Å². The highest BCUT2D eigenvalue weighted by molar-refractivity contribution is 6.33. The van der Waals surface area contributed by atoms with Crippen molar-refractivity contribution in [3.8, 4) is 5.75 Å². The maximum atomic E-state index is 12.2. The maximum Gasteiger partial charge on any atom is 0.305 e. The van der Waals surface area contributed by atoms with Crippen LogP contribution in [-0.2, 0) is 4.79 Å². The second-order valence-corrected chi connectivity index (χ2v) is 6.06. The predicted octanol–water partition coefficient (Wildman–Crippen LogP) is 2.66. The molecule has 0 heterocycles. The van der Waals surface area contributed by atoms with E-state index in [0.717, 1.165) is 0 Å². The number of hydrogen-bond acceptors (Lipinski definition) is 3. The average molecular weight is 300 g/mol. The van der Waals surface area contributed by atoms with Crippen LogP contribution < -0.4 is 5.32 Å². The Kier molecular flexibility index (Phi) is 5.00. The van der Waals surface area contributed by atoms with E-state index in [-0.39, 0.29) is 22.8 Å². The summed E-state index contributed by atoms with van der Waals surface area (Å²) in [4.78, 5) is 23.0. The van der Waals surface area contributed by atoms with Crippen LogP contribution in [0.1, 0.15) is 37.6 Å². The van der Waals surface area contributed by atoms with Crippen LogP contribution in [-0.4, -0.2) is 28.1 Å². The number of hydrogen-bond donors (Lipinski definition) is 3. The third-order valence-corrected chi connectivity index (χ3v) is 3.25. The SMILES string of the molecule is CC(C)(C)C(CC(=O)O)NC(=O)c1cc(O)ccc1Cl. The Bertz CT molecular complexity index is 522. The Hall–Kier alpha value is -1.75. The van der Waals surface area contributed by atoms with E-state index < -0.39 is 23.3 Å². The standard InChI is InChI=1S/C14H18ClNO4/c1-14(2,3)11(7-12(18)19)16-13(20)9-6-8(17)4-5-10(9)15/h4-6,11,17H,7H2,1-3H3,(H,16,20)(H,18,19). The Morgan fingerprint density at radius 1 is 1.35 bits per heavy atom. The van der Waals surface area contributed by atoms with Gasteiger partial charge in [0.05, 0.1) is 17.0 Å². The van der Waals surface area contributed by atoms with Gasteiger partial charge in [0.1, 0.15) is 5.75 Å². The Labute approximate surface area is 122 Å². The number of aromatic hydroxyl groups is 1. The number of carboxylic acid groups (broad SMARTS) is 1. The van der Waals surface area contributed by atoms with Crippen molar-refractivity contribution in [3.05, 3.63) is 28.8 Å². The first-order chi connectivity index (χ1) is 9.11. The molecule has 1 atom stereocenters. The van der Waals surface area contributed by atoms with Crippen LogP contribution in [0.15, 0.2) is 18.2 Å². The Morgan fingerprint density at radius 2 is 1.95 bits per heavy atom. The molecule has 1 aromatic rings. The minimum absolute atomic E-state index is 0.0786. The van der Waals surface area contributed by atoms with Gasteiger partial charge in [0.15, 0.2) is 0 Å². The van der Waals surface area contributed by atoms with Crippen molar-refractivity contribution in [3.63, 3.8) is 0 Å². The Balaban J connectivity index is 2.96. The summed E-state index contributed by atoms with van der Waals surface area (Å²) in [5, 5.41) is 21.2. The molecule has 0 fully saturated rings. The number of carbonyl (C=O) groups excluding carboxylic acids is 1. The number of nitrogens with one attached hydrogen (secondary N) is 1. The monoisotopic (exact) mass is 299 g/mol. The van der Waals surface area contributed by atoms with Crippen LogP contribution in [0.4, 0.5) is 0 Å². The largest absolute Gasteiger partial charge is 0.508 e. The lowest BCUT2D eigenvalue weighted by Gasteiger charge is -2.30. The van der Waals surface area contributed by atoms with Crippen molar-refractivity contribution in [1.29, 1.82) is 0 Å². The zero-order chi connectivity index (χ0) is 15.5. The molecule has 1 unspecified atom stereocenters. The van der Waals surface area contributed by atoms with Crippen LogP contribution in [0.25, 0.3) is 0 Å². The molecule has 0 aliphatic carbocycles. The molecule has 1 aromatic carbocycles. The molecular weight excluding hydrogens is 282 g/mol. The van der Waals surface area contributed by atoms with Gasteiger partial charge in [0.2, 0.25) is 0 Å². The van der Waals surface area contributed by atoms with E-state index in [1.807, 2.05) is 20.8 Å². The molecule has 0 radical (unpaired) electrons. The van der Waals surface area contributed by atoms with Crippen molar-refractivity contribution in [2.45, 2.75) is 33.2 Å². The highest BCUT2D eigenvalue weighted by Gasteiger charge is 2.29. The highest BCUT2D eigenvalue weighted by atomic mass is 35.5. The molecule has 6 heteroatoms. The average Bonchev–Trinajstić information content (AvgIpc) is 2.29. The normalized spacial score (nSPS) is 12.8. The van der Waals surface area contributed by atoms with Crippen molar-refractivity contribution in [1.82, 2.24) is 5.32 Å². The maximum absolute atomic E-state index is 12.2. The zero-order valence-electron chi connectivity index (χ0n) is 11.6. The molecule has 0 spiro atoms. The van der Waals surface area contributed by atoms with Gasteiger partial charge in [-0.3, -0.25) is 9.59 Å². The number of phenolic OH excluding ortho intramolecular Hbond substituents is 1. The third-order valence-electron chi connectivity index (χ3n) is 2.92. The first-order valence-corrected chi connectivity index (χ1v) is 6.50. The molecule has 1 amide bonds. The number of halogens is 1. The fourth-order valence-corrected chi connectivity index (χ4v) is 1.87. The van der Waals surface area contributed by atoms with E-state index in [1.54, 1.807) is 0 Å². The van der Waals surface area contributed by atoms with Gasteiger partial charge in [-0.1, -0.05) is 32.4 Å². The number of aliphatic carboxylic acids is 1. The van der Waals surface area contributed by atoms with Crippen LogP contribution >= 0.6 is 11.6 Å². The quantitative estimate of drug-likeness (QED) is 0.797. The summed E-state index contributed by atoms with van der Waals surface area (Å²) in [5.41, 5.74) is -0.302. The number of amides is 1. The number of phenols is 1. The molecule has 20 heavy (non-hydrogen) atoms. The van der Waals surface area contributed by atoms with Gasteiger partial charge in [0, 0.05) is 6.04 Å². The summed E-state index contributed by atoms with van der Waals surface area (Å²) >= 11 is 5.91. The number of carboxylic acids is 1. The minimum Gasteiger partial charge on any atom is -0.508 e. The molecule has 1 rings (SSSR count). The summed E-state index contributed by atoms with van der Waals surface area (Å²) in [6, 6.07) is 3.48. The zero-order valence-corrected chi connectivity index (χ0v) is 12.4. The summed E-state index contributed by atoms with van der Waals surface area (Å²) in [6.45, 7) is 5.51. The number of rotatable bonds is 4. The molecule has 3 N–H and O–H groups in total. The van der Waals surface area contributed by atoms with Crippen molar-refractivity contribution < 1.29 is 19.8 Å². The number of carbonyl (C=O) groups is 2. The number of benzene rings is 1. The highest BCUT2D eigenvalue weighted by Crippen LogP contribution is 2.25. The van der Waals surface area contributed by atoms with E-state index in [0.29, 0.717) is 0 Å². The molecule has 0 bridgehead atoms. The summed E-state index contributed by atoms with van der Waals surface area (Å²) in [5.74, 6) is -1.58. The van der Waals surface area contributed by atoms with E-state index >= 15 is 0 Å². The lowest BCUT2D eigenvalue weighted by Crippen LogP contribution is -2.45. The van der Waals surface area contributed by atoms with E-state index in [1.165, 1.54) is 18.2 Å². The van der Waals surface area contributed by atoms with Gasteiger partial charge in [-0.15, -0.1) is 0 Å². The van der Waals surface area contributed by atoms with Gasteiger partial charge >= 0.3 is 5.97 Å². The Morgan fingerprint density at radius 3 is 2.45 bits per heavy atom. The topological polar surface area (TPSA) is 86.6 Å². The van der Waals surface area contributed by atoms with Crippen LogP contribution in [0, 0.1) is 5.41 Å². The molecule has 0 aliphatic rings. The second-order valence-electron chi connectivity index (χ2n) is 5.65. The lowest BCUT2D eigenvalue weighted by atomic mass is 9.84. The van der Waals surface area contributed by atoms with Crippen LogP contribution in [0.3, 0.4) is 0 Å². The van der Waals surface area contributed by atoms with Crippen LogP contribution in [0.2, 0.25) is 5.02 Å². The summed E-state index contributed by atoms with van der Waals surface area (Å²) in [6.07, 6.45) is -0.189. The molecule has 0 saturated carbocycles. The van der Waals surface area contributed by atoms with E-state index in [9.17, 15) is 14.7 Å². The van der Waals surface area contributed by atoms with Crippen molar-refractivity contribution >= 4 is 23.5 Å². The molecular formula is C14H18ClNO4. The molecule has 0 aliphatic heterocycles. The molecule has 110 valence electrons. The minimum atomic E-state index is -0.993. The fraction of sp³-hybridized carbons (Fsp3) is 0.429. The second kappa shape index (κ2) is 6.13. The van der Waals surface area contributed by atoms with Gasteiger partial charge in [-0.25, -0.2) is 0 Å². The van der Waals surface area contributed by atoms with E-state index in [4.69, 9.17) is 16.7 Å². The van der Waals surface area contributed by atoms with Crippen LogP contribution in [0.5, 0.6) is 5.75 Å². The van der Waals surface area contributed by atoms with Crippen molar-refractivity contribution in [2.24, 2.45) is 5.41 Å². The van der Waals surface area contributed by atoms with Gasteiger partial charge in [0.25, 0.3) is 5.91 Å². The lowest BCUT2D eigenvalue weighted by molar-refractivity contribution is -0.138. The third kappa shape index (κ3) is 4.42. The predicted molar refractivity (Wildman–Crippen MR) is 76.1 cm³/mol. The first kappa shape index (κ1) is 16.3. The fourth-order valence-electron chi connectivity index (χ4n) is 1.67.